The van der Waals surface area contributed by atoms with Gasteiger partial charge >= 0.3 is 0 Å². The van der Waals surface area contributed by atoms with Crippen LogP contribution in [0.25, 0.3) is 65.7 Å². The van der Waals surface area contributed by atoms with E-state index in [0.717, 1.165) is 5.82 Å². The van der Waals surface area contributed by atoms with E-state index in [4.69, 9.17) is 4.98 Å². The summed E-state index contributed by atoms with van der Waals surface area (Å²) < 4.78 is 4.76. The van der Waals surface area contributed by atoms with Gasteiger partial charge in [-0.1, -0.05) is 60.7 Å². The SMILES string of the molecule is c1ccc(-n2c3cccc4c5cccc6c7ccccc7n(c7cccc2c7c43)c56)nc1. The summed E-state index contributed by atoms with van der Waals surface area (Å²) in [6.45, 7) is 0. The van der Waals surface area contributed by atoms with E-state index in [1.165, 1.54) is 59.9 Å². The lowest BCUT2D eigenvalue weighted by Crippen LogP contribution is -1.96. The molecule has 0 radical (unpaired) electrons. The van der Waals surface area contributed by atoms with Gasteiger partial charge < -0.3 is 4.40 Å². The molecule has 32 heavy (non-hydrogen) atoms. The Bertz CT molecular complexity index is 1970. The quantitative estimate of drug-likeness (QED) is 0.279. The highest BCUT2D eigenvalue weighted by molar-refractivity contribution is 6.31. The van der Waals surface area contributed by atoms with E-state index in [0.29, 0.717) is 0 Å². The van der Waals surface area contributed by atoms with Gasteiger partial charge in [0.15, 0.2) is 0 Å². The van der Waals surface area contributed by atoms with Gasteiger partial charge in [0.25, 0.3) is 0 Å². The van der Waals surface area contributed by atoms with Gasteiger partial charge in [-0.05, 0) is 41.8 Å². The van der Waals surface area contributed by atoms with E-state index in [1.807, 2.05) is 12.3 Å². The Balaban J connectivity index is 1.81. The number of pyridine rings is 1. The van der Waals surface area contributed by atoms with Gasteiger partial charge in [0, 0.05) is 33.1 Å². The predicted molar refractivity (Wildman–Crippen MR) is 133 cm³/mol. The second-order valence-corrected chi connectivity index (χ2v) is 8.45. The van der Waals surface area contributed by atoms with Crippen LogP contribution < -0.4 is 0 Å². The number of para-hydroxylation sites is 2. The number of benzene rings is 4. The van der Waals surface area contributed by atoms with Crippen molar-refractivity contribution < 1.29 is 0 Å². The topological polar surface area (TPSA) is 22.2 Å². The summed E-state index contributed by atoms with van der Waals surface area (Å²) in [5, 5.41) is 7.73. The lowest BCUT2D eigenvalue weighted by Gasteiger charge is -2.07. The first-order valence-electron chi connectivity index (χ1n) is 10.9. The minimum atomic E-state index is 0.943. The van der Waals surface area contributed by atoms with Gasteiger partial charge in [0.05, 0.1) is 27.6 Å². The van der Waals surface area contributed by atoms with E-state index in [9.17, 15) is 0 Å². The molecule has 3 heteroatoms. The van der Waals surface area contributed by atoms with Crippen LogP contribution in [0.15, 0.2) is 103 Å². The summed E-state index contributed by atoms with van der Waals surface area (Å²) in [5.74, 6) is 0.943. The molecule has 4 heterocycles. The van der Waals surface area contributed by atoms with Crippen molar-refractivity contribution in [2.75, 3.05) is 0 Å². The van der Waals surface area contributed by atoms with Crippen molar-refractivity contribution in [2.24, 2.45) is 0 Å². The lowest BCUT2D eigenvalue weighted by atomic mass is 10.0. The number of rotatable bonds is 1. The largest absolute Gasteiger partial charge is 0.308 e. The molecule has 0 spiro atoms. The summed E-state index contributed by atoms with van der Waals surface area (Å²) in [7, 11) is 0. The number of aromatic nitrogens is 3. The van der Waals surface area contributed by atoms with Crippen molar-refractivity contribution in [1.82, 2.24) is 14.0 Å². The molecule has 3 nitrogen and oxygen atoms in total. The highest BCUT2D eigenvalue weighted by atomic mass is 15.1. The Morgan fingerprint density at radius 2 is 1.09 bits per heavy atom. The third kappa shape index (κ3) is 1.81. The summed E-state index contributed by atoms with van der Waals surface area (Å²) in [5.41, 5.74) is 6.13. The summed E-state index contributed by atoms with van der Waals surface area (Å²) in [6, 6.07) is 34.9. The maximum absolute atomic E-state index is 4.70. The third-order valence-electron chi connectivity index (χ3n) is 6.90. The minimum absolute atomic E-state index is 0.943. The average molecular weight is 407 g/mol. The van der Waals surface area contributed by atoms with Crippen molar-refractivity contribution >= 4 is 59.9 Å². The molecule has 8 aromatic rings. The van der Waals surface area contributed by atoms with Crippen LogP contribution in [0, 0.1) is 0 Å². The molecule has 0 aliphatic heterocycles. The van der Waals surface area contributed by atoms with Crippen LogP contribution in [0.3, 0.4) is 0 Å². The van der Waals surface area contributed by atoms with Gasteiger partial charge in [-0.15, -0.1) is 0 Å². The number of hydrogen-bond donors (Lipinski definition) is 0. The highest BCUT2D eigenvalue weighted by Gasteiger charge is 2.21. The fourth-order valence-electron chi connectivity index (χ4n) is 5.72. The van der Waals surface area contributed by atoms with Gasteiger partial charge in [-0.2, -0.15) is 0 Å². The maximum Gasteiger partial charge on any atom is 0.137 e. The van der Waals surface area contributed by atoms with Crippen LogP contribution >= 0.6 is 0 Å². The van der Waals surface area contributed by atoms with Gasteiger partial charge in [0.1, 0.15) is 5.82 Å². The van der Waals surface area contributed by atoms with Crippen LogP contribution in [0.5, 0.6) is 0 Å². The molecule has 0 fully saturated rings. The standard InChI is InChI=1S/C29H17N3/c1-2-12-22-18(8-1)20-10-5-11-21-19-9-6-13-23-27(19)28-24(31(23)26-16-3-4-17-30-26)14-7-15-25(28)32(22)29(20)21/h1-17H. The summed E-state index contributed by atoms with van der Waals surface area (Å²) in [6.07, 6.45) is 1.87. The molecule has 4 aromatic carbocycles. The fourth-order valence-corrected chi connectivity index (χ4v) is 5.72. The van der Waals surface area contributed by atoms with Crippen LogP contribution in [0.2, 0.25) is 0 Å². The normalized spacial score (nSPS) is 12.4. The Labute approximate surface area is 183 Å². The molecule has 0 bridgehead atoms. The molecule has 0 aliphatic carbocycles. The van der Waals surface area contributed by atoms with Crippen LogP contribution in [0.1, 0.15) is 0 Å². The highest BCUT2D eigenvalue weighted by Crippen LogP contribution is 2.43. The van der Waals surface area contributed by atoms with Crippen LogP contribution in [0.4, 0.5) is 0 Å². The summed E-state index contributed by atoms with van der Waals surface area (Å²) in [4.78, 5) is 4.70. The van der Waals surface area contributed by atoms with Crippen molar-refractivity contribution in [2.45, 2.75) is 0 Å². The molecule has 0 saturated heterocycles. The fraction of sp³-hybridized carbons (Fsp3) is 0. The second-order valence-electron chi connectivity index (χ2n) is 8.45. The molecular weight excluding hydrogens is 390 g/mol. The zero-order chi connectivity index (χ0) is 20.8. The monoisotopic (exact) mass is 407 g/mol. The number of nitrogens with zero attached hydrogens (tertiary/aromatic N) is 3. The van der Waals surface area contributed by atoms with Crippen molar-refractivity contribution in [3.05, 3.63) is 103 Å². The summed E-state index contributed by atoms with van der Waals surface area (Å²) >= 11 is 0. The van der Waals surface area contributed by atoms with E-state index in [1.54, 1.807) is 0 Å². The molecule has 0 saturated carbocycles. The molecule has 148 valence electrons. The maximum atomic E-state index is 4.70. The molecule has 0 amide bonds. The molecule has 8 rings (SSSR count). The zero-order valence-electron chi connectivity index (χ0n) is 17.2. The van der Waals surface area contributed by atoms with Gasteiger partial charge in [0.2, 0.25) is 0 Å². The first-order chi connectivity index (χ1) is 15.9. The molecule has 0 atom stereocenters. The average Bonchev–Trinajstić information content (AvgIpc) is 3.33. The van der Waals surface area contributed by atoms with E-state index < -0.39 is 0 Å². The van der Waals surface area contributed by atoms with Gasteiger partial charge in [-0.3, -0.25) is 4.57 Å². The van der Waals surface area contributed by atoms with E-state index in [2.05, 4.69) is 100.0 Å². The van der Waals surface area contributed by atoms with Crippen molar-refractivity contribution in [3.63, 3.8) is 0 Å². The molecule has 0 aliphatic rings. The molecule has 0 N–H and O–H groups in total. The predicted octanol–water partition coefficient (Wildman–Crippen LogP) is 7.33. The smallest absolute Gasteiger partial charge is 0.137 e. The Hall–Kier alpha value is -4.37. The van der Waals surface area contributed by atoms with E-state index in [-0.39, 0.29) is 0 Å². The minimum Gasteiger partial charge on any atom is -0.308 e. The van der Waals surface area contributed by atoms with Crippen LogP contribution in [-0.2, 0) is 0 Å². The Morgan fingerprint density at radius 1 is 0.469 bits per heavy atom. The van der Waals surface area contributed by atoms with Crippen molar-refractivity contribution in [1.29, 1.82) is 0 Å². The molecule has 4 aromatic heterocycles. The number of hydrogen-bond acceptors (Lipinski definition) is 1. The first-order valence-corrected chi connectivity index (χ1v) is 10.9. The first kappa shape index (κ1) is 16.3. The lowest BCUT2D eigenvalue weighted by molar-refractivity contribution is 1.08. The Kier molecular flexibility index (Phi) is 2.89. The second kappa shape index (κ2) is 5.65. The zero-order valence-corrected chi connectivity index (χ0v) is 17.2. The van der Waals surface area contributed by atoms with E-state index >= 15 is 0 Å². The molecule has 0 unspecified atom stereocenters. The number of fused-ring (bicyclic) bond motifs is 5. The third-order valence-corrected chi connectivity index (χ3v) is 6.90. The van der Waals surface area contributed by atoms with Crippen LogP contribution in [-0.4, -0.2) is 14.0 Å². The van der Waals surface area contributed by atoms with Gasteiger partial charge in [-0.25, -0.2) is 4.98 Å². The molecular formula is C29H17N3. The Morgan fingerprint density at radius 3 is 1.97 bits per heavy atom. The van der Waals surface area contributed by atoms with Crippen molar-refractivity contribution in [3.8, 4) is 5.82 Å².